The lowest BCUT2D eigenvalue weighted by Gasteiger charge is -2.48. The predicted molar refractivity (Wildman–Crippen MR) is 138 cm³/mol. The third-order valence-corrected chi connectivity index (χ3v) is 7.10. The predicted octanol–water partition coefficient (Wildman–Crippen LogP) is 5.49. The van der Waals surface area contributed by atoms with Crippen LogP contribution in [0.2, 0.25) is 0 Å². The van der Waals surface area contributed by atoms with Gasteiger partial charge in [-0.15, -0.1) is 10.2 Å². The van der Waals surface area contributed by atoms with E-state index in [4.69, 9.17) is 9.15 Å². The summed E-state index contributed by atoms with van der Waals surface area (Å²) in [7, 11) is 0. The van der Waals surface area contributed by atoms with Gasteiger partial charge in [-0.3, -0.25) is 0 Å². The summed E-state index contributed by atoms with van der Waals surface area (Å²) in [6, 6.07) is 18.3. The van der Waals surface area contributed by atoms with Crippen molar-refractivity contribution in [1.29, 1.82) is 0 Å². The minimum atomic E-state index is -0.351. The van der Waals surface area contributed by atoms with Crippen LogP contribution in [0.25, 0.3) is 11.5 Å². The standard InChI is InChI=1S/C28H35N5O3/c1-21-30-31-27(36-21)23-14-16-24(17-15-23)33(32-18-8-3-9-19-32)26-13-7-6-12-25(26)29-28(34)35-20-22-10-4-2-5-11-22/h2,4-5,10-11,14-17,25-26H,3,6-9,12-13,18-20H2,1H3,(H,29,34)/t25-,26-/m1/s1. The smallest absolute Gasteiger partial charge is 0.407 e. The largest absolute Gasteiger partial charge is 0.445 e. The van der Waals surface area contributed by atoms with Crippen molar-refractivity contribution in [3.63, 3.8) is 0 Å². The first-order valence-electron chi connectivity index (χ1n) is 13.1. The molecule has 2 heterocycles. The van der Waals surface area contributed by atoms with Crippen molar-refractivity contribution in [3.05, 3.63) is 66.1 Å². The van der Waals surface area contributed by atoms with Crippen molar-refractivity contribution < 1.29 is 13.9 Å². The van der Waals surface area contributed by atoms with E-state index in [1.807, 2.05) is 42.5 Å². The molecule has 1 amide bonds. The second kappa shape index (κ2) is 11.6. The van der Waals surface area contributed by atoms with E-state index >= 15 is 0 Å². The molecule has 0 bridgehead atoms. The number of rotatable bonds is 7. The maximum Gasteiger partial charge on any atom is 0.407 e. The molecule has 1 N–H and O–H groups in total. The molecule has 1 saturated heterocycles. The van der Waals surface area contributed by atoms with Crippen molar-refractivity contribution in [3.8, 4) is 11.5 Å². The Kier molecular flexibility index (Phi) is 7.81. The summed E-state index contributed by atoms with van der Waals surface area (Å²) in [4.78, 5) is 12.8. The van der Waals surface area contributed by atoms with Gasteiger partial charge >= 0.3 is 6.09 Å². The molecule has 1 aromatic heterocycles. The lowest BCUT2D eigenvalue weighted by molar-refractivity contribution is 0.120. The maximum atomic E-state index is 12.8. The van der Waals surface area contributed by atoms with E-state index in [0.29, 0.717) is 11.8 Å². The summed E-state index contributed by atoms with van der Waals surface area (Å²) < 4.78 is 11.2. The molecule has 2 aliphatic rings. The van der Waals surface area contributed by atoms with Crippen molar-refractivity contribution in [1.82, 2.24) is 20.5 Å². The molecule has 2 atom stereocenters. The van der Waals surface area contributed by atoms with E-state index in [1.54, 1.807) is 6.92 Å². The van der Waals surface area contributed by atoms with Gasteiger partial charge in [0.1, 0.15) is 6.61 Å². The Morgan fingerprint density at radius 2 is 1.75 bits per heavy atom. The van der Waals surface area contributed by atoms with Gasteiger partial charge in [-0.1, -0.05) is 49.6 Å². The number of hydrogen-bond acceptors (Lipinski definition) is 7. The second-order valence-corrected chi connectivity index (χ2v) is 9.70. The number of nitrogens with zero attached hydrogens (tertiary/aromatic N) is 4. The molecule has 8 nitrogen and oxygen atoms in total. The summed E-state index contributed by atoms with van der Waals surface area (Å²) >= 11 is 0. The van der Waals surface area contributed by atoms with Gasteiger partial charge in [0.05, 0.1) is 17.8 Å². The van der Waals surface area contributed by atoms with Crippen LogP contribution < -0.4 is 10.3 Å². The number of piperidine rings is 1. The quantitative estimate of drug-likeness (QED) is 0.470. The molecule has 190 valence electrons. The number of anilines is 1. The average molecular weight is 490 g/mol. The molecule has 1 aliphatic carbocycles. The van der Waals surface area contributed by atoms with Crippen molar-refractivity contribution >= 4 is 11.8 Å². The fourth-order valence-electron chi connectivity index (χ4n) is 5.32. The first-order chi connectivity index (χ1) is 17.7. The third kappa shape index (κ3) is 5.87. The molecule has 0 radical (unpaired) electrons. The van der Waals surface area contributed by atoms with Gasteiger partial charge in [0.25, 0.3) is 0 Å². The Labute approximate surface area is 212 Å². The number of aryl methyl sites for hydroxylation is 1. The Hall–Kier alpha value is -3.39. The van der Waals surface area contributed by atoms with Gasteiger partial charge in [0.15, 0.2) is 0 Å². The van der Waals surface area contributed by atoms with Crippen LogP contribution in [0.1, 0.15) is 56.4 Å². The number of ether oxygens (including phenoxy) is 1. The molecule has 5 rings (SSSR count). The first-order valence-corrected chi connectivity index (χ1v) is 13.1. The van der Waals surface area contributed by atoms with Crippen LogP contribution in [0.3, 0.4) is 0 Å². The highest BCUT2D eigenvalue weighted by Gasteiger charge is 2.35. The summed E-state index contributed by atoms with van der Waals surface area (Å²) in [6.07, 6.45) is 7.47. The molecule has 36 heavy (non-hydrogen) atoms. The fraction of sp³-hybridized carbons (Fsp3) is 0.464. The zero-order valence-corrected chi connectivity index (χ0v) is 20.9. The van der Waals surface area contributed by atoms with Crippen LogP contribution in [0.15, 0.2) is 59.0 Å². The molecule has 1 aliphatic heterocycles. The lowest BCUT2D eigenvalue weighted by atomic mass is 9.89. The maximum absolute atomic E-state index is 12.8. The number of carbonyl (C=O) groups excluding carboxylic acids is 1. The molecule has 8 heteroatoms. The van der Waals surface area contributed by atoms with Crippen LogP contribution in [-0.2, 0) is 11.3 Å². The van der Waals surface area contributed by atoms with E-state index in [2.05, 4.69) is 37.7 Å². The Balaban J connectivity index is 1.34. The van der Waals surface area contributed by atoms with Gasteiger partial charge in [-0.2, -0.15) is 0 Å². The zero-order chi connectivity index (χ0) is 24.7. The molecule has 2 fully saturated rings. The van der Waals surface area contributed by atoms with E-state index in [0.717, 1.165) is 55.6 Å². The normalized spacial score (nSPS) is 20.6. The summed E-state index contributed by atoms with van der Waals surface area (Å²) in [5, 5.41) is 16.2. The number of alkyl carbamates (subject to hydrolysis) is 1. The highest BCUT2D eigenvalue weighted by atomic mass is 16.5. The SMILES string of the molecule is Cc1nnc(-c2ccc(N([C@@H]3CCCC[C@H]3NC(=O)OCc3ccccc3)N3CCCCC3)cc2)o1. The number of nitrogens with one attached hydrogen (secondary N) is 1. The lowest BCUT2D eigenvalue weighted by Crippen LogP contribution is -2.60. The molecule has 3 aromatic rings. The third-order valence-electron chi connectivity index (χ3n) is 7.10. The van der Waals surface area contributed by atoms with Gasteiger partial charge in [-0.05, 0) is 55.5 Å². The van der Waals surface area contributed by atoms with Gasteiger partial charge < -0.3 is 19.5 Å². The van der Waals surface area contributed by atoms with Crippen LogP contribution >= 0.6 is 0 Å². The van der Waals surface area contributed by atoms with Crippen molar-refractivity contribution in [2.45, 2.75) is 70.6 Å². The number of hydrogen-bond donors (Lipinski definition) is 1. The van der Waals surface area contributed by atoms with Gasteiger partial charge in [0.2, 0.25) is 11.8 Å². The van der Waals surface area contributed by atoms with Crippen LogP contribution in [0.4, 0.5) is 10.5 Å². The van der Waals surface area contributed by atoms with Gasteiger partial charge in [-0.25, -0.2) is 9.80 Å². The number of amides is 1. The number of carbonyl (C=O) groups is 1. The minimum absolute atomic E-state index is 0.0159. The summed E-state index contributed by atoms with van der Waals surface area (Å²) in [5.41, 5.74) is 3.01. The van der Waals surface area contributed by atoms with Crippen LogP contribution in [0.5, 0.6) is 0 Å². The first kappa shape index (κ1) is 24.3. The van der Waals surface area contributed by atoms with Crippen molar-refractivity contribution in [2.24, 2.45) is 0 Å². The molecule has 0 spiro atoms. The topological polar surface area (TPSA) is 83.7 Å². The van der Waals surface area contributed by atoms with E-state index in [-0.39, 0.29) is 24.8 Å². The number of aromatic nitrogens is 2. The minimum Gasteiger partial charge on any atom is -0.445 e. The molecule has 1 saturated carbocycles. The molecule has 0 unspecified atom stereocenters. The Morgan fingerprint density at radius 1 is 1.00 bits per heavy atom. The molecular formula is C28H35N5O3. The second-order valence-electron chi connectivity index (χ2n) is 9.70. The number of benzene rings is 2. The van der Waals surface area contributed by atoms with Crippen LogP contribution in [-0.4, -0.2) is 46.5 Å². The zero-order valence-electron chi connectivity index (χ0n) is 20.9. The van der Waals surface area contributed by atoms with E-state index < -0.39 is 0 Å². The highest BCUT2D eigenvalue weighted by Crippen LogP contribution is 2.32. The van der Waals surface area contributed by atoms with E-state index in [9.17, 15) is 4.79 Å². The van der Waals surface area contributed by atoms with E-state index in [1.165, 1.54) is 19.3 Å². The van der Waals surface area contributed by atoms with Crippen molar-refractivity contribution in [2.75, 3.05) is 18.1 Å². The Morgan fingerprint density at radius 3 is 2.47 bits per heavy atom. The fourth-order valence-corrected chi connectivity index (χ4v) is 5.32. The summed E-state index contributed by atoms with van der Waals surface area (Å²) in [5.74, 6) is 1.08. The summed E-state index contributed by atoms with van der Waals surface area (Å²) in [6.45, 7) is 4.11. The highest BCUT2D eigenvalue weighted by molar-refractivity contribution is 5.68. The number of hydrazine groups is 1. The van der Waals surface area contributed by atoms with Gasteiger partial charge in [0, 0.05) is 25.6 Å². The Bertz CT molecular complexity index is 1110. The molecular weight excluding hydrogens is 454 g/mol. The monoisotopic (exact) mass is 489 g/mol. The van der Waals surface area contributed by atoms with Crippen LogP contribution in [0, 0.1) is 6.92 Å². The molecule has 2 aromatic carbocycles. The average Bonchev–Trinajstić information content (AvgIpc) is 3.36.